The lowest BCUT2D eigenvalue weighted by molar-refractivity contribution is 0.0690. The van der Waals surface area contributed by atoms with E-state index in [0.717, 1.165) is 51.7 Å². The topological polar surface area (TPSA) is 79.9 Å². The molecule has 0 bridgehead atoms. The van der Waals surface area contributed by atoms with Crippen molar-refractivity contribution in [2.45, 2.75) is 11.3 Å². The van der Waals surface area contributed by atoms with Crippen LogP contribution in [0.2, 0.25) is 5.02 Å². The lowest BCUT2D eigenvalue weighted by atomic mass is 10.1. The van der Waals surface area contributed by atoms with E-state index < -0.39 is 5.97 Å². The van der Waals surface area contributed by atoms with Crippen LogP contribution in [0.15, 0.2) is 93.6 Å². The maximum absolute atomic E-state index is 13.1. The highest BCUT2D eigenvalue weighted by Gasteiger charge is 2.26. The molecule has 0 spiro atoms. The number of hydrogen-bond acceptors (Lipinski definition) is 6. The molecule has 3 heterocycles. The van der Waals surface area contributed by atoms with Gasteiger partial charge in [-0.2, -0.15) is 0 Å². The maximum atomic E-state index is 13.1. The highest BCUT2D eigenvalue weighted by atomic mass is 79.9. The third-order valence-corrected chi connectivity index (χ3v) is 10.7. The Balaban J connectivity index is 1.27. The molecule has 0 atom stereocenters. The van der Waals surface area contributed by atoms with Crippen LogP contribution in [-0.4, -0.2) is 59.6 Å². The van der Waals surface area contributed by atoms with E-state index in [1.807, 2.05) is 46.7 Å². The average Bonchev–Trinajstić information content (AvgIpc) is 3.62. The van der Waals surface area contributed by atoms with E-state index in [-0.39, 0.29) is 16.6 Å². The van der Waals surface area contributed by atoms with Crippen LogP contribution in [0.3, 0.4) is 0 Å². The number of thiophene rings is 1. The number of halogens is 2. The van der Waals surface area contributed by atoms with E-state index in [1.165, 1.54) is 16.9 Å². The van der Waals surface area contributed by atoms with Crippen LogP contribution >= 0.6 is 50.8 Å². The summed E-state index contributed by atoms with van der Waals surface area (Å²) in [5.74, 6) is -1.02. The zero-order valence-corrected chi connectivity index (χ0v) is 27.0. The predicted molar refractivity (Wildman–Crippen MR) is 180 cm³/mol. The summed E-state index contributed by atoms with van der Waals surface area (Å²) in [5, 5.41) is 12.3. The summed E-state index contributed by atoms with van der Waals surface area (Å²) < 4.78 is 3.14. The highest BCUT2D eigenvalue weighted by Crippen LogP contribution is 2.39. The van der Waals surface area contributed by atoms with E-state index in [1.54, 1.807) is 11.9 Å². The molecule has 1 aliphatic rings. The minimum absolute atomic E-state index is 0.00541. The Morgan fingerprint density at radius 1 is 1.00 bits per heavy atom. The van der Waals surface area contributed by atoms with Crippen molar-refractivity contribution >= 4 is 85.0 Å². The largest absolute Gasteiger partial charge is 0.477 e. The van der Waals surface area contributed by atoms with Gasteiger partial charge in [0.05, 0.1) is 16.4 Å². The first-order chi connectivity index (χ1) is 20.9. The van der Waals surface area contributed by atoms with Crippen molar-refractivity contribution in [3.05, 3.63) is 110 Å². The molecule has 2 aromatic heterocycles. The Hall–Kier alpha value is -3.44. The minimum Gasteiger partial charge on any atom is -0.477 e. The van der Waals surface area contributed by atoms with Crippen molar-refractivity contribution in [1.82, 2.24) is 9.88 Å². The molecular weight excluding hydrogens is 668 g/mol. The number of aromatic carboxylic acids is 1. The van der Waals surface area contributed by atoms with Crippen molar-refractivity contribution in [3.63, 3.8) is 0 Å². The molecule has 220 valence electrons. The van der Waals surface area contributed by atoms with Crippen LogP contribution in [0.4, 0.5) is 11.4 Å². The number of nitrogens with zero attached hydrogens (tertiary/aromatic N) is 3. The van der Waals surface area contributed by atoms with Crippen LogP contribution in [0.5, 0.6) is 0 Å². The number of rotatable bonds is 9. The summed E-state index contributed by atoms with van der Waals surface area (Å²) in [6.45, 7) is 3.49. The van der Waals surface area contributed by atoms with Gasteiger partial charge in [0.1, 0.15) is 10.6 Å². The highest BCUT2D eigenvalue weighted by molar-refractivity contribution is 9.10. The number of carbonyl (C=O) groups is 2. The summed E-state index contributed by atoms with van der Waals surface area (Å²) >= 11 is 13.0. The zero-order valence-electron chi connectivity index (χ0n) is 23.0. The van der Waals surface area contributed by atoms with Gasteiger partial charge in [0.25, 0.3) is 5.91 Å². The molecule has 1 saturated heterocycles. The second-order valence-electron chi connectivity index (χ2n) is 10.1. The SMILES string of the molecule is O=C(O)c1[nH]c2ccc(SN(CCc3ccccc3)c3ccccc3N3CCN(C(=O)c4sccc4Br)CC3)cc2c1Cl. The number of carboxylic acids is 1. The Labute approximate surface area is 271 Å². The van der Waals surface area contributed by atoms with Crippen LogP contribution in [0, 0.1) is 0 Å². The first-order valence-electron chi connectivity index (χ1n) is 13.8. The number of anilines is 2. The van der Waals surface area contributed by atoms with Crippen LogP contribution in [0.1, 0.15) is 25.7 Å². The van der Waals surface area contributed by atoms with Crippen molar-refractivity contribution in [3.8, 4) is 0 Å². The van der Waals surface area contributed by atoms with Crippen molar-refractivity contribution < 1.29 is 14.7 Å². The number of carboxylic acid groups (broad SMARTS) is 1. The zero-order chi connectivity index (χ0) is 29.9. The van der Waals surface area contributed by atoms with Gasteiger partial charge in [0.15, 0.2) is 0 Å². The lowest BCUT2D eigenvalue weighted by Gasteiger charge is -2.38. The summed E-state index contributed by atoms with van der Waals surface area (Å²) in [7, 11) is 0. The van der Waals surface area contributed by atoms with Crippen LogP contribution in [0.25, 0.3) is 10.9 Å². The summed E-state index contributed by atoms with van der Waals surface area (Å²) in [5.41, 5.74) is 4.11. The maximum Gasteiger partial charge on any atom is 0.353 e. The number of hydrogen-bond donors (Lipinski definition) is 2. The van der Waals surface area contributed by atoms with Gasteiger partial charge < -0.3 is 24.2 Å². The standard InChI is InChI=1S/C32H28BrClN4O3S2/c33-24-13-19-42-30(24)31(39)37-17-15-36(16-18-37)26-8-4-5-9-27(26)38(14-12-21-6-2-1-3-7-21)43-22-10-11-25-23(20-22)28(34)29(35-25)32(40)41/h1-11,13,19-20,35H,12,14-18H2,(H,40,41). The molecule has 1 amide bonds. The number of aromatic nitrogens is 1. The van der Waals surface area contributed by atoms with Crippen LogP contribution in [-0.2, 0) is 6.42 Å². The van der Waals surface area contributed by atoms with Crippen molar-refractivity contribution in [2.75, 3.05) is 41.9 Å². The summed E-state index contributed by atoms with van der Waals surface area (Å²) in [6, 6.07) is 26.5. The molecule has 2 N–H and O–H groups in total. The minimum atomic E-state index is -1.08. The van der Waals surface area contributed by atoms with Gasteiger partial charge in [-0.3, -0.25) is 4.79 Å². The summed E-state index contributed by atoms with van der Waals surface area (Å²) in [6.07, 6.45) is 0.844. The Kier molecular flexibility index (Phi) is 8.99. The van der Waals surface area contributed by atoms with Crippen molar-refractivity contribution in [2.24, 2.45) is 0 Å². The fourth-order valence-corrected chi connectivity index (χ4v) is 8.02. The fourth-order valence-electron chi connectivity index (χ4n) is 5.24. The molecule has 7 nitrogen and oxygen atoms in total. The number of amides is 1. The number of H-pyrrole nitrogens is 1. The molecule has 1 fully saturated rings. The lowest BCUT2D eigenvalue weighted by Crippen LogP contribution is -2.49. The van der Waals surface area contributed by atoms with E-state index >= 15 is 0 Å². The van der Waals surface area contributed by atoms with Crippen molar-refractivity contribution in [1.29, 1.82) is 0 Å². The van der Waals surface area contributed by atoms with Gasteiger partial charge in [0.2, 0.25) is 0 Å². The number of benzene rings is 3. The second kappa shape index (κ2) is 13.1. The molecule has 0 saturated carbocycles. The monoisotopic (exact) mass is 694 g/mol. The number of piperazine rings is 1. The molecule has 0 aliphatic carbocycles. The van der Waals surface area contributed by atoms with E-state index in [2.05, 4.69) is 72.6 Å². The third-order valence-electron chi connectivity index (χ3n) is 7.45. The second-order valence-corrected chi connectivity index (χ2v) is 13.4. The first kappa shape index (κ1) is 29.6. The Morgan fingerprint density at radius 2 is 1.74 bits per heavy atom. The number of fused-ring (bicyclic) bond motifs is 1. The van der Waals surface area contributed by atoms with Gasteiger partial charge in [0, 0.05) is 53.0 Å². The molecule has 1 aliphatic heterocycles. The van der Waals surface area contributed by atoms with E-state index in [0.29, 0.717) is 24.0 Å². The number of nitrogens with one attached hydrogen (secondary N) is 1. The van der Waals surface area contributed by atoms with Gasteiger partial charge in [-0.05, 0) is 81.6 Å². The number of carbonyl (C=O) groups excluding carboxylic acids is 1. The van der Waals surface area contributed by atoms with Gasteiger partial charge in [-0.15, -0.1) is 11.3 Å². The van der Waals surface area contributed by atoms with Gasteiger partial charge >= 0.3 is 5.97 Å². The smallest absolute Gasteiger partial charge is 0.353 e. The molecule has 11 heteroatoms. The van der Waals surface area contributed by atoms with E-state index in [4.69, 9.17) is 11.6 Å². The molecule has 6 rings (SSSR count). The summed E-state index contributed by atoms with van der Waals surface area (Å²) in [4.78, 5) is 33.6. The van der Waals surface area contributed by atoms with Crippen LogP contribution < -0.4 is 9.21 Å². The Bertz CT molecular complexity index is 1770. The van der Waals surface area contributed by atoms with E-state index in [9.17, 15) is 14.7 Å². The van der Waals surface area contributed by atoms with Gasteiger partial charge in [-0.25, -0.2) is 4.79 Å². The predicted octanol–water partition coefficient (Wildman–Crippen LogP) is 8.06. The first-order valence-corrected chi connectivity index (χ1v) is 16.6. The molecule has 43 heavy (non-hydrogen) atoms. The molecule has 0 radical (unpaired) electrons. The molecule has 0 unspecified atom stereocenters. The fraction of sp³-hybridized carbons (Fsp3) is 0.188. The number of para-hydroxylation sites is 2. The molecular formula is C32H28BrClN4O3S2. The number of aromatic amines is 1. The normalized spacial score (nSPS) is 13.4. The third kappa shape index (κ3) is 6.43. The average molecular weight is 696 g/mol. The molecule has 3 aromatic carbocycles. The van der Waals surface area contributed by atoms with Gasteiger partial charge in [-0.1, -0.05) is 54.1 Å². The molecule has 5 aromatic rings. The Morgan fingerprint density at radius 3 is 2.47 bits per heavy atom. The quantitative estimate of drug-likeness (QED) is 0.152.